The van der Waals surface area contributed by atoms with Crippen LogP contribution >= 0.6 is 0 Å². The second kappa shape index (κ2) is 9.06. The fraction of sp³-hybridized carbons (Fsp3) is 0.667. The van der Waals surface area contributed by atoms with E-state index in [0.29, 0.717) is 6.04 Å². The minimum atomic E-state index is 0.505. The Hall–Kier alpha value is -1.06. The van der Waals surface area contributed by atoms with Crippen molar-refractivity contribution >= 4 is 0 Å². The summed E-state index contributed by atoms with van der Waals surface area (Å²) >= 11 is 0. The van der Waals surface area contributed by atoms with E-state index >= 15 is 0 Å². The van der Waals surface area contributed by atoms with Gasteiger partial charge in [0.2, 0.25) is 0 Å². The number of benzene rings is 1. The van der Waals surface area contributed by atoms with Crippen LogP contribution in [-0.2, 0) is 11.2 Å². The lowest BCUT2D eigenvalue weighted by molar-refractivity contribution is 0.184. The van der Waals surface area contributed by atoms with E-state index in [1.54, 1.807) is 7.11 Å². The molecule has 1 aromatic rings. The van der Waals surface area contributed by atoms with E-state index in [1.807, 2.05) is 0 Å². The molecule has 21 heavy (non-hydrogen) atoms. The molecule has 3 heteroatoms. The normalized spacial score (nSPS) is 17.5. The van der Waals surface area contributed by atoms with Crippen LogP contribution in [0, 0.1) is 0 Å². The van der Waals surface area contributed by atoms with Gasteiger partial charge in [0.1, 0.15) is 5.75 Å². The van der Waals surface area contributed by atoms with Gasteiger partial charge in [-0.2, -0.15) is 0 Å². The van der Waals surface area contributed by atoms with Crippen molar-refractivity contribution in [3.8, 4) is 5.75 Å². The lowest BCUT2D eigenvalue weighted by Gasteiger charge is -2.27. The highest BCUT2D eigenvalue weighted by atomic mass is 16.5. The molecule has 1 atom stereocenters. The molecule has 2 rings (SSSR count). The molecular formula is C18H29NO2. The summed E-state index contributed by atoms with van der Waals surface area (Å²) in [6.07, 6.45) is 7.01. The van der Waals surface area contributed by atoms with Crippen LogP contribution in [0.25, 0.3) is 0 Å². The van der Waals surface area contributed by atoms with Gasteiger partial charge in [-0.1, -0.05) is 13.0 Å². The Bertz CT molecular complexity index is 420. The first-order chi connectivity index (χ1) is 10.3. The van der Waals surface area contributed by atoms with Gasteiger partial charge in [0.05, 0.1) is 6.61 Å². The smallest absolute Gasteiger partial charge is 0.119 e. The van der Waals surface area contributed by atoms with Crippen LogP contribution in [0.1, 0.15) is 56.2 Å². The van der Waals surface area contributed by atoms with Crippen molar-refractivity contribution in [3.05, 3.63) is 29.3 Å². The maximum Gasteiger partial charge on any atom is 0.119 e. The lowest BCUT2D eigenvalue weighted by atomic mass is 9.87. The van der Waals surface area contributed by atoms with Gasteiger partial charge in [0.15, 0.2) is 0 Å². The lowest BCUT2D eigenvalue weighted by Crippen LogP contribution is -2.25. The summed E-state index contributed by atoms with van der Waals surface area (Å²) in [5.74, 6) is 1.01. The molecular weight excluding hydrogens is 262 g/mol. The van der Waals surface area contributed by atoms with Gasteiger partial charge >= 0.3 is 0 Å². The monoisotopic (exact) mass is 291 g/mol. The quantitative estimate of drug-likeness (QED) is 0.701. The van der Waals surface area contributed by atoms with Gasteiger partial charge in [-0.05, 0) is 68.3 Å². The number of aryl methyl sites for hydroxylation is 1. The molecule has 0 bridgehead atoms. The molecule has 0 radical (unpaired) electrons. The molecule has 0 amide bonds. The van der Waals surface area contributed by atoms with Crippen LogP contribution < -0.4 is 10.1 Å². The fourth-order valence-corrected chi connectivity index (χ4v) is 2.94. The molecule has 0 saturated heterocycles. The van der Waals surface area contributed by atoms with E-state index in [1.165, 1.54) is 36.8 Å². The molecule has 0 aliphatic heterocycles. The molecule has 1 aromatic carbocycles. The first-order valence-electron chi connectivity index (χ1n) is 8.33. The summed E-state index contributed by atoms with van der Waals surface area (Å²) in [5, 5.41) is 3.67. The summed E-state index contributed by atoms with van der Waals surface area (Å²) in [5.41, 5.74) is 2.94. The van der Waals surface area contributed by atoms with Gasteiger partial charge in [-0.15, -0.1) is 0 Å². The van der Waals surface area contributed by atoms with E-state index in [0.717, 1.165) is 38.3 Å². The predicted molar refractivity (Wildman–Crippen MR) is 87.0 cm³/mol. The van der Waals surface area contributed by atoms with E-state index in [4.69, 9.17) is 9.47 Å². The van der Waals surface area contributed by atoms with E-state index in [-0.39, 0.29) is 0 Å². The zero-order valence-electron chi connectivity index (χ0n) is 13.5. The molecule has 3 nitrogen and oxygen atoms in total. The van der Waals surface area contributed by atoms with Gasteiger partial charge in [-0.25, -0.2) is 0 Å². The number of fused-ring (bicyclic) bond motifs is 1. The first kappa shape index (κ1) is 16.3. The number of methoxy groups -OCH3 is 1. The molecule has 0 heterocycles. The fourth-order valence-electron chi connectivity index (χ4n) is 2.94. The predicted octanol–water partition coefficient (Wildman–Crippen LogP) is 3.87. The number of ether oxygens (including phenoxy) is 2. The van der Waals surface area contributed by atoms with Crippen molar-refractivity contribution in [2.24, 2.45) is 0 Å². The highest BCUT2D eigenvalue weighted by Crippen LogP contribution is 2.32. The van der Waals surface area contributed by atoms with Gasteiger partial charge < -0.3 is 14.8 Å². The Labute approximate surface area is 129 Å². The van der Waals surface area contributed by atoms with Crippen molar-refractivity contribution in [1.29, 1.82) is 0 Å². The molecule has 0 fully saturated rings. The molecule has 1 unspecified atom stereocenters. The summed E-state index contributed by atoms with van der Waals surface area (Å²) in [6, 6.07) is 7.13. The van der Waals surface area contributed by atoms with E-state index < -0.39 is 0 Å². The molecule has 0 saturated carbocycles. The van der Waals surface area contributed by atoms with Crippen molar-refractivity contribution in [3.63, 3.8) is 0 Å². The Morgan fingerprint density at radius 2 is 2.10 bits per heavy atom. The highest BCUT2D eigenvalue weighted by Gasteiger charge is 2.19. The van der Waals surface area contributed by atoms with Crippen LogP contribution in [0.4, 0.5) is 0 Å². The maximum atomic E-state index is 5.89. The van der Waals surface area contributed by atoms with Crippen LogP contribution in [0.3, 0.4) is 0 Å². The zero-order chi connectivity index (χ0) is 14.9. The zero-order valence-corrected chi connectivity index (χ0v) is 13.5. The number of rotatable bonds is 9. The van der Waals surface area contributed by atoms with Crippen molar-refractivity contribution in [2.45, 2.75) is 51.5 Å². The molecule has 1 aliphatic rings. The molecule has 0 spiro atoms. The second-order valence-electron chi connectivity index (χ2n) is 5.81. The third-order valence-corrected chi connectivity index (χ3v) is 4.08. The SMILES string of the molecule is CCCNC1CCCc2ccc(OCCCCOC)cc21. The van der Waals surface area contributed by atoms with Crippen LogP contribution in [0.2, 0.25) is 0 Å². The van der Waals surface area contributed by atoms with Crippen molar-refractivity contribution < 1.29 is 9.47 Å². The average Bonchev–Trinajstić information content (AvgIpc) is 2.52. The number of hydrogen-bond acceptors (Lipinski definition) is 3. The molecule has 118 valence electrons. The number of nitrogens with one attached hydrogen (secondary N) is 1. The average molecular weight is 291 g/mol. The van der Waals surface area contributed by atoms with Crippen LogP contribution in [-0.4, -0.2) is 26.9 Å². The van der Waals surface area contributed by atoms with Gasteiger partial charge in [-0.3, -0.25) is 0 Å². The minimum absolute atomic E-state index is 0.505. The molecule has 0 aromatic heterocycles. The van der Waals surface area contributed by atoms with Crippen molar-refractivity contribution in [1.82, 2.24) is 5.32 Å². The third kappa shape index (κ3) is 5.01. The highest BCUT2D eigenvalue weighted by molar-refractivity contribution is 5.39. The van der Waals surface area contributed by atoms with Crippen LogP contribution in [0.15, 0.2) is 18.2 Å². The standard InChI is InChI=1S/C18H29NO2/c1-3-11-19-18-8-6-7-15-9-10-16(14-17(15)18)21-13-5-4-12-20-2/h9-10,14,18-19H,3-8,11-13H2,1-2H3. The maximum absolute atomic E-state index is 5.89. The third-order valence-electron chi connectivity index (χ3n) is 4.08. The summed E-state index contributed by atoms with van der Waals surface area (Å²) in [7, 11) is 1.74. The summed E-state index contributed by atoms with van der Waals surface area (Å²) in [4.78, 5) is 0. The van der Waals surface area contributed by atoms with Gasteiger partial charge in [0, 0.05) is 19.8 Å². The molecule has 1 N–H and O–H groups in total. The summed E-state index contributed by atoms with van der Waals surface area (Å²) in [6.45, 7) is 4.90. The minimum Gasteiger partial charge on any atom is -0.494 e. The Morgan fingerprint density at radius 1 is 1.24 bits per heavy atom. The Balaban J connectivity index is 1.92. The number of hydrogen-bond donors (Lipinski definition) is 1. The van der Waals surface area contributed by atoms with Crippen molar-refractivity contribution in [2.75, 3.05) is 26.9 Å². The molecule has 1 aliphatic carbocycles. The van der Waals surface area contributed by atoms with E-state index in [2.05, 4.69) is 30.4 Å². The van der Waals surface area contributed by atoms with E-state index in [9.17, 15) is 0 Å². The van der Waals surface area contributed by atoms with Gasteiger partial charge in [0.25, 0.3) is 0 Å². The topological polar surface area (TPSA) is 30.5 Å². The Kier molecular flexibility index (Phi) is 7.04. The summed E-state index contributed by atoms with van der Waals surface area (Å²) < 4.78 is 10.9. The Morgan fingerprint density at radius 3 is 2.90 bits per heavy atom. The second-order valence-corrected chi connectivity index (χ2v) is 5.81. The number of unbranched alkanes of at least 4 members (excludes halogenated alkanes) is 1. The largest absolute Gasteiger partial charge is 0.494 e. The first-order valence-corrected chi connectivity index (χ1v) is 8.33. The van der Waals surface area contributed by atoms with Crippen LogP contribution in [0.5, 0.6) is 5.75 Å².